The van der Waals surface area contributed by atoms with Gasteiger partial charge in [0.15, 0.2) is 11.5 Å². The normalized spacial score (nSPS) is 10.5. The summed E-state index contributed by atoms with van der Waals surface area (Å²) in [6, 6.07) is 5.49. The molecule has 0 atom stereocenters. The number of hydrogen-bond acceptors (Lipinski definition) is 5. The molecule has 0 fully saturated rings. The van der Waals surface area contributed by atoms with Crippen LogP contribution in [-0.2, 0) is 24.3 Å². The number of H-pyrrole nitrogens is 1. The third kappa shape index (κ3) is 4.85. The highest BCUT2D eigenvalue weighted by atomic mass is 16.5. The van der Waals surface area contributed by atoms with Gasteiger partial charge in [-0.1, -0.05) is 13.0 Å². The average Bonchev–Trinajstić information content (AvgIpc) is 2.98. The molecule has 2 N–H and O–H groups in total. The van der Waals surface area contributed by atoms with Gasteiger partial charge in [0.05, 0.1) is 14.2 Å². The van der Waals surface area contributed by atoms with E-state index in [0.29, 0.717) is 36.8 Å². The van der Waals surface area contributed by atoms with Gasteiger partial charge in [-0.05, 0) is 24.1 Å². The molecule has 0 spiro atoms. The number of aryl methyl sites for hydroxylation is 1. The number of benzene rings is 1. The molecule has 0 bridgehead atoms. The number of hydrogen-bond donors (Lipinski definition) is 2. The molecule has 1 amide bonds. The number of ether oxygens (including phenoxy) is 2. The van der Waals surface area contributed by atoms with Crippen molar-refractivity contribution in [3.8, 4) is 11.5 Å². The zero-order chi connectivity index (χ0) is 18.2. The van der Waals surface area contributed by atoms with E-state index in [0.717, 1.165) is 12.0 Å². The summed E-state index contributed by atoms with van der Waals surface area (Å²) in [5.74, 6) is 1.76. The van der Waals surface area contributed by atoms with Crippen LogP contribution in [0.5, 0.6) is 11.5 Å². The second-order valence-corrected chi connectivity index (χ2v) is 5.56. The number of aromatic amines is 1. The molecule has 25 heavy (non-hydrogen) atoms. The van der Waals surface area contributed by atoms with Crippen LogP contribution >= 0.6 is 0 Å². The van der Waals surface area contributed by atoms with Crippen molar-refractivity contribution in [2.45, 2.75) is 39.3 Å². The second kappa shape index (κ2) is 8.91. The summed E-state index contributed by atoms with van der Waals surface area (Å²) >= 11 is 0. The van der Waals surface area contributed by atoms with Gasteiger partial charge >= 0.3 is 5.69 Å². The summed E-state index contributed by atoms with van der Waals surface area (Å²) < 4.78 is 12.0. The SMILES string of the molecule is CCCn1c(CCC(=O)NCc2ccc(OC)c(OC)c2)n[nH]c1=O. The number of methoxy groups -OCH3 is 2. The molecule has 8 nitrogen and oxygen atoms in total. The molecule has 0 aliphatic rings. The number of aromatic nitrogens is 3. The molecule has 0 unspecified atom stereocenters. The number of nitrogens with zero attached hydrogens (tertiary/aromatic N) is 2. The molecule has 136 valence electrons. The lowest BCUT2D eigenvalue weighted by molar-refractivity contribution is -0.121. The molecule has 0 saturated heterocycles. The molecular formula is C17H24N4O4. The average molecular weight is 348 g/mol. The fourth-order valence-corrected chi connectivity index (χ4v) is 2.50. The van der Waals surface area contributed by atoms with Crippen molar-refractivity contribution in [1.29, 1.82) is 0 Å². The molecule has 2 rings (SSSR count). The van der Waals surface area contributed by atoms with Gasteiger partial charge in [0.25, 0.3) is 0 Å². The van der Waals surface area contributed by atoms with Gasteiger partial charge in [0.2, 0.25) is 5.91 Å². The molecule has 0 radical (unpaired) electrons. The first kappa shape index (κ1) is 18.6. The maximum absolute atomic E-state index is 12.1. The Morgan fingerprint density at radius 1 is 1.28 bits per heavy atom. The summed E-state index contributed by atoms with van der Waals surface area (Å²) in [4.78, 5) is 23.7. The van der Waals surface area contributed by atoms with Crippen molar-refractivity contribution in [3.05, 3.63) is 40.1 Å². The minimum Gasteiger partial charge on any atom is -0.493 e. The Labute approximate surface area is 146 Å². The van der Waals surface area contributed by atoms with E-state index in [1.807, 2.05) is 19.1 Å². The Morgan fingerprint density at radius 3 is 2.72 bits per heavy atom. The van der Waals surface area contributed by atoms with Gasteiger partial charge in [-0.2, -0.15) is 5.10 Å². The fourth-order valence-electron chi connectivity index (χ4n) is 2.50. The Kier molecular flexibility index (Phi) is 6.62. The van der Waals surface area contributed by atoms with Crippen molar-refractivity contribution >= 4 is 5.91 Å². The van der Waals surface area contributed by atoms with Crippen LogP contribution in [0.2, 0.25) is 0 Å². The van der Waals surface area contributed by atoms with Gasteiger partial charge in [0.1, 0.15) is 5.82 Å². The number of nitrogens with one attached hydrogen (secondary N) is 2. The zero-order valence-corrected chi connectivity index (χ0v) is 14.8. The van der Waals surface area contributed by atoms with Crippen LogP contribution in [0.1, 0.15) is 31.2 Å². The van der Waals surface area contributed by atoms with Gasteiger partial charge in [0, 0.05) is 25.9 Å². The van der Waals surface area contributed by atoms with E-state index in [4.69, 9.17) is 9.47 Å². The number of carbonyl (C=O) groups excluding carboxylic acids is 1. The summed E-state index contributed by atoms with van der Waals surface area (Å²) in [5, 5.41) is 9.26. The Morgan fingerprint density at radius 2 is 2.04 bits per heavy atom. The van der Waals surface area contributed by atoms with E-state index in [2.05, 4.69) is 15.5 Å². The Bertz CT molecular complexity index is 766. The Hall–Kier alpha value is -2.77. The standard InChI is InChI=1S/C17H24N4O4/c1-4-9-21-15(19-20-17(21)23)7-8-16(22)18-11-12-5-6-13(24-2)14(10-12)25-3/h5-6,10H,4,7-9,11H2,1-3H3,(H,18,22)(H,20,23). The van der Waals surface area contributed by atoms with Crippen molar-refractivity contribution in [1.82, 2.24) is 20.1 Å². The zero-order valence-electron chi connectivity index (χ0n) is 14.8. The van der Waals surface area contributed by atoms with Crippen LogP contribution < -0.4 is 20.5 Å². The summed E-state index contributed by atoms with van der Waals surface area (Å²) in [5.41, 5.74) is 0.677. The monoisotopic (exact) mass is 348 g/mol. The van der Waals surface area contributed by atoms with E-state index < -0.39 is 0 Å². The second-order valence-electron chi connectivity index (χ2n) is 5.56. The lowest BCUT2D eigenvalue weighted by atomic mass is 10.2. The van der Waals surface area contributed by atoms with Gasteiger partial charge in [-0.15, -0.1) is 0 Å². The van der Waals surface area contributed by atoms with Crippen molar-refractivity contribution in [2.24, 2.45) is 0 Å². The van der Waals surface area contributed by atoms with Crippen molar-refractivity contribution in [2.75, 3.05) is 14.2 Å². The lowest BCUT2D eigenvalue weighted by Gasteiger charge is -2.10. The van der Waals surface area contributed by atoms with Crippen molar-refractivity contribution < 1.29 is 14.3 Å². The highest BCUT2D eigenvalue weighted by Gasteiger charge is 2.10. The molecule has 1 aromatic carbocycles. The van der Waals surface area contributed by atoms with Gasteiger partial charge in [-0.3, -0.25) is 9.36 Å². The maximum atomic E-state index is 12.1. The topological polar surface area (TPSA) is 98.2 Å². The molecule has 0 aliphatic heterocycles. The summed E-state index contributed by atoms with van der Waals surface area (Å²) in [6.07, 6.45) is 1.51. The minimum atomic E-state index is -0.234. The summed E-state index contributed by atoms with van der Waals surface area (Å²) in [6.45, 7) is 2.97. The molecule has 1 heterocycles. The van der Waals surface area contributed by atoms with Crippen LogP contribution in [-0.4, -0.2) is 34.9 Å². The molecular weight excluding hydrogens is 324 g/mol. The highest BCUT2D eigenvalue weighted by Crippen LogP contribution is 2.27. The third-order valence-corrected chi connectivity index (χ3v) is 3.80. The number of carbonyl (C=O) groups is 1. The predicted octanol–water partition coefficient (Wildman–Crippen LogP) is 1.25. The predicted molar refractivity (Wildman–Crippen MR) is 92.9 cm³/mol. The first-order valence-electron chi connectivity index (χ1n) is 8.20. The number of amides is 1. The summed E-state index contributed by atoms with van der Waals surface area (Å²) in [7, 11) is 3.15. The van der Waals surface area contributed by atoms with Crippen LogP contribution in [0, 0.1) is 0 Å². The number of rotatable bonds is 9. The van der Waals surface area contributed by atoms with Crippen LogP contribution in [0.4, 0.5) is 0 Å². The fraction of sp³-hybridized carbons (Fsp3) is 0.471. The lowest BCUT2D eigenvalue weighted by Crippen LogP contribution is -2.24. The first-order chi connectivity index (χ1) is 12.1. The largest absolute Gasteiger partial charge is 0.493 e. The quantitative estimate of drug-likeness (QED) is 0.711. The van der Waals surface area contributed by atoms with E-state index in [1.54, 1.807) is 24.9 Å². The third-order valence-electron chi connectivity index (χ3n) is 3.80. The van der Waals surface area contributed by atoms with Crippen molar-refractivity contribution in [3.63, 3.8) is 0 Å². The van der Waals surface area contributed by atoms with Crippen LogP contribution in [0.15, 0.2) is 23.0 Å². The minimum absolute atomic E-state index is 0.103. The van der Waals surface area contributed by atoms with E-state index in [1.165, 1.54) is 0 Å². The smallest absolute Gasteiger partial charge is 0.343 e. The van der Waals surface area contributed by atoms with E-state index in [9.17, 15) is 9.59 Å². The van der Waals surface area contributed by atoms with Crippen LogP contribution in [0.3, 0.4) is 0 Å². The molecule has 0 saturated carbocycles. The maximum Gasteiger partial charge on any atom is 0.343 e. The first-order valence-corrected chi connectivity index (χ1v) is 8.20. The highest BCUT2D eigenvalue weighted by molar-refractivity contribution is 5.76. The van der Waals surface area contributed by atoms with E-state index in [-0.39, 0.29) is 18.0 Å². The molecule has 8 heteroatoms. The molecule has 1 aromatic heterocycles. The molecule has 2 aromatic rings. The van der Waals surface area contributed by atoms with Gasteiger partial charge in [-0.25, -0.2) is 9.89 Å². The Balaban J connectivity index is 1.88. The van der Waals surface area contributed by atoms with E-state index >= 15 is 0 Å². The van der Waals surface area contributed by atoms with Crippen LogP contribution in [0.25, 0.3) is 0 Å². The van der Waals surface area contributed by atoms with Gasteiger partial charge < -0.3 is 14.8 Å². The molecule has 0 aliphatic carbocycles.